The fourth-order valence-corrected chi connectivity index (χ4v) is 1.86. The largest absolute Gasteiger partial charge is 0.468 e. The number of hydrogen-bond donors (Lipinski definition) is 1. The lowest BCUT2D eigenvalue weighted by molar-refractivity contribution is 0.250. The normalized spacial score (nSPS) is 11.2. The summed E-state index contributed by atoms with van der Waals surface area (Å²) in [6.07, 6.45) is 5.48. The Hall–Kier alpha value is -0.800. The molecule has 1 heterocycles. The molecule has 0 atom stereocenters. The molecule has 0 radical (unpaired) electrons. The van der Waals surface area contributed by atoms with Crippen molar-refractivity contribution in [3.05, 3.63) is 24.2 Å². The lowest BCUT2D eigenvalue weighted by Crippen LogP contribution is -2.25. The first-order valence-electron chi connectivity index (χ1n) is 6.82. The quantitative estimate of drug-likeness (QED) is 0.635. The van der Waals surface area contributed by atoms with Crippen LogP contribution < -0.4 is 5.32 Å². The number of unbranched alkanes of at least 4 members (excludes halogenated alkanes) is 1. The molecular formula is C14H26N2O. The molecule has 1 N–H and O–H groups in total. The highest BCUT2D eigenvalue weighted by Crippen LogP contribution is 2.06. The average molecular weight is 238 g/mol. The van der Waals surface area contributed by atoms with Gasteiger partial charge in [-0.15, -0.1) is 0 Å². The van der Waals surface area contributed by atoms with E-state index in [1.807, 2.05) is 12.1 Å². The van der Waals surface area contributed by atoms with Gasteiger partial charge in [0.2, 0.25) is 0 Å². The summed E-state index contributed by atoms with van der Waals surface area (Å²) >= 11 is 0. The van der Waals surface area contributed by atoms with Crippen LogP contribution in [0.2, 0.25) is 0 Å². The van der Waals surface area contributed by atoms with Crippen LogP contribution in [0.5, 0.6) is 0 Å². The van der Waals surface area contributed by atoms with Gasteiger partial charge >= 0.3 is 0 Å². The van der Waals surface area contributed by atoms with Crippen LogP contribution in [-0.4, -0.2) is 31.1 Å². The number of hydrogen-bond acceptors (Lipinski definition) is 3. The van der Waals surface area contributed by atoms with E-state index in [4.69, 9.17) is 4.42 Å². The molecule has 17 heavy (non-hydrogen) atoms. The van der Waals surface area contributed by atoms with Crippen LogP contribution in [-0.2, 0) is 6.54 Å². The van der Waals surface area contributed by atoms with E-state index in [-0.39, 0.29) is 0 Å². The lowest BCUT2D eigenvalue weighted by atomic mass is 10.2. The molecule has 0 saturated carbocycles. The van der Waals surface area contributed by atoms with Gasteiger partial charge in [-0.2, -0.15) is 0 Å². The summed E-state index contributed by atoms with van der Waals surface area (Å²) in [4.78, 5) is 2.43. The monoisotopic (exact) mass is 238 g/mol. The van der Waals surface area contributed by atoms with E-state index in [0.717, 1.165) is 38.5 Å². The Labute approximate surface area is 105 Å². The molecule has 1 aromatic heterocycles. The molecule has 1 rings (SSSR count). The van der Waals surface area contributed by atoms with Gasteiger partial charge in [0, 0.05) is 0 Å². The molecule has 0 saturated heterocycles. The minimum atomic E-state index is 0.936. The van der Waals surface area contributed by atoms with Gasteiger partial charge in [-0.05, 0) is 57.6 Å². The number of rotatable bonds is 10. The van der Waals surface area contributed by atoms with Gasteiger partial charge in [0.05, 0.1) is 12.8 Å². The lowest BCUT2D eigenvalue weighted by Gasteiger charge is -2.18. The highest BCUT2D eigenvalue weighted by Gasteiger charge is 2.04. The summed E-state index contributed by atoms with van der Waals surface area (Å²) in [5, 5.41) is 3.44. The zero-order chi connectivity index (χ0) is 12.3. The van der Waals surface area contributed by atoms with Crippen molar-refractivity contribution < 1.29 is 4.42 Å². The van der Waals surface area contributed by atoms with Crippen molar-refractivity contribution in [3.8, 4) is 0 Å². The van der Waals surface area contributed by atoms with E-state index >= 15 is 0 Å². The van der Waals surface area contributed by atoms with Crippen LogP contribution in [0.1, 0.15) is 38.9 Å². The molecular weight excluding hydrogens is 212 g/mol. The molecule has 0 aromatic carbocycles. The van der Waals surface area contributed by atoms with Crippen molar-refractivity contribution in [3.63, 3.8) is 0 Å². The highest BCUT2D eigenvalue weighted by atomic mass is 16.3. The highest BCUT2D eigenvalue weighted by molar-refractivity contribution is 4.97. The number of nitrogens with zero attached hydrogens (tertiary/aromatic N) is 1. The molecule has 98 valence electrons. The molecule has 0 spiro atoms. The van der Waals surface area contributed by atoms with Gasteiger partial charge in [0.1, 0.15) is 5.76 Å². The summed E-state index contributed by atoms with van der Waals surface area (Å²) < 4.78 is 5.37. The third-order valence-electron chi connectivity index (χ3n) is 2.91. The zero-order valence-corrected chi connectivity index (χ0v) is 11.2. The van der Waals surface area contributed by atoms with Gasteiger partial charge in [0.15, 0.2) is 0 Å². The standard InChI is InChI=1S/C14H26N2O/c1-3-9-15-10-5-6-11-16(4-2)13-14-8-7-12-17-14/h7-8,12,15H,3-6,9-11,13H2,1-2H3. The summed E-state index contributed by atoms with van der Waals surface area (Å²) in [6, 6.07) is 4.00. The Morgan fingerprint density at radius 1 is 1.24 bits per heavy atom. The molecule has 0 amide bonds. The van der Waals surface area contributed by atoms with Crippen LogP contribution in [0.3, 0.4) is 0 Å². The Morgan fingerprint density at radius 3 is 2.76 bits per heavy atom. The molecule has 3 heteroatoms. The van der Waals surface area contributed by atoms with Crippen molar-refractivity contribution in [2.75, 3.05) is 26.2 Å². The van der Waals surface area contributed by atoms with Gasteiger partial charge in [-0.25, -0.2) is 0 Å². The topological polar surface area (TPSA) is 28.4 Å². The molecule has 0 aliphatic rings. The Bertz CT molecular complexity index is 259. The first-order valence-corrected chi connectivity index (χ1v) is 6.82. The zero-order valence-electron chi connectivity index (χ0n) is 11.2. The smallest absolute Gasteiger partial charge is 0.117 e. The predicted molar refractivity (Wildman–Crippen MR) is 72.1 cm³/mol. The Kier molecular flexibility index (Phi) is 7.76. The predicted octanol–water partition coefficient (Wildman–Crippen LogP) is 2.88. The van der Waals surface area contributed by atoms with Crippen LogP contribution >= 0.6 is 0 Å². The Morgan fingerprint density at radius 2 is 2.12 bits per heavy atom. The van der Waals surface area contributed by atoms with E-state index < -0.39 is 0 Å². The molecule has 1 aromatic rings. The first kappa shape index (κ1) is 14.3. The van der Waals surface area contributed by atoms with Crippen LogP contribution in [0.4, 0.5) is 0 Å². The minimum absolute atomic E-state index is 0.936. The molecule has 0 unspecified atom stereocenters. The van der Waals surface area contributed by atoms with Gasteiger partial charge in [0.25, 0.3) is 0 Å². The van der Waals surface area contributed by atoms with Crippen LogP contribution in [0.25, 0.3) is 0 Å². The van der Waals surface area contributed by atoms with Crippen molar-refractivity contribution in [1.82, 2.24) is 10.2 Å². The van der Waals surface area contributed by atoms with Crippen molar-refractivity contribution >= 4 is 0 Å². The van der Waals surface area contributed by atoms with E-state index in [2.05, 4.69) is 24.1 Å². The SMILES string of the molecule is CCCNCCCCN(CC)Cc1ccco1. The van der Waals surface area contributed by atoms with Gasteiger partial charge < -0.3 is 9.73 Å². The van der Waals surface area contributed by atoms with E-state index in [1.54, 1.807) is 6.26 Å². The van der Waals surface area contributed by atoms with E-state index in [9.17, 15) is 0 Å². The summed E-state index contributed by atoms with van der Waals surface area (Å²) in [7, 11) is 0. The fourth-order valence-electron chi connectivity index (χ4n) is 1.86. The maximum Gasteiger partial charge on any atom is 0.117 e. The van der Waals surface area contributed by atoms with Crippen molar-refractivity contribution in [2.45, 2.75) is 39.7 Å². The third kappa shape index (κ3) is 6.49. The van der Waals surface area contributed by atoms with Crippen molar-refractivity contribution in [2.24, 2.45) is 0 Å². The summed E-state index contributed by atoms with van der Waals surface area (Å²) in [5.74, 6) is 1.07. The Balaban J connectivity index is 2.06. The maximum absolute atomic E-state index is 5.37. The molecule has 3 nitrogen and oxygen atoms in total. The second-order valence-corrected chi connectivity index (χ2v) is 4.41. The summed E-state index contributed by atoms with van der Waals surface area (Å²) in [6.45, 7) is 9.88. The van der Waals surface area contributed by atoms with Gasteiger partial charge in [-0.3, -0.25) is 4.90 Å². The molecule has 0 bridgehead atoms. The van der Waals surface area contributed by atoms with E-state index in [1.165, 1.54) is 19.3 Å². The molecule has 0 aliphatic carbocycles. The van der Waals surface area contributed by atoms with Gasteiger partial charge in [-0.1, -0.05) is 13.8 Å². The third-order valence-corrected chi connectivity index (χ3v) is 2.91. The average Bonchev–Trinajstić information content (AvgIpc) is 2.85. The molecule has 0 aliphatic heterocycles. The first-order chi connectivity index (χ1) is 8.36. The van der Waals surface area contributed by atoms with Crippen molar-refractivity contribution in [1.29, 1.82) is 0 Å². The van der Waals surface area contributed by atoms with Crippen LogP contribution in [0, 0.1) is 0 Å². The fraction of sp³-hybridized carbons (Fsp3) is 0.714. The molecule has 0 fully saturated rings. The summed E-state index contributed by atoms with van der Waals surface area (Å²) in [5.41, 5.74) is 0. The number of nitrogens with one attached hydrogen (secondary N) is 1. The second-order valence-electron chi connectivity index (χ2n) is 4.41. The van der Waals surface area contributed by atoms with E-state index in [0.29, 0.717) is 0 Å². The second kappa shape index (κ2) is 9.25. The van der Waals surface area contributed by atoms with Crippen LogP contribution in [0.15, 0.2) is 22.8 Å². The number of furan rings is 1. The minimum Gasteiger partial charge on any atom is -0.468 e. The maximum atomic E-state index is 5.37.